The molecule has 1 N–H and O–H groups in total. The first-order chi connectivity index (χ1) is 4.66. The lowest BCUT2D eigenvalue weighted by Gasteiger charge is -1.99. The van der Waals surface area contributed by atoms with Crippen molar-refractivity contribution in [1.82, 2.24) is 0 Å². The molecule has 0 aromatic heterocycles. The minimum absolute atomic E-state index is 0.284. The monoisotopic (exact) mass is 141 g/mol. The van der Waals surface area contributed by atoms with Gasteiger partial charge in [0.15, 0.2) is 0 Å². The van der Waals surface area contributed by atoms with Crippen molar-refractivity contribution < 1.29 is 5.11 Å². The summed E-state index contributed by atoms with van der Waals surface area (Å²) in [5.41, 5.74) is 0. The van der Waals surface area contributed by atoms with E-state index in [2.05, 4.69) is 4.99 Å². The molecular weight excluding hydrogens is 126 g/mol. The molecule has 0 heterocycles. The first-order valence-corrected chi connectivity index (χ1v) is 3.50. The quantitative estimate of drug-likeness (QED) is 0.474. The third kappa shape index (κ3) is 5.35. The van der Waals surface area contributed by atoms with Gasteiger partial charge < -0.3 is 5.11 Å². The lowest BCUT2D eigenvalue weighted by molar-refractivity contribution is 0.410. The molecule has 0 fully saturated rings. The Bertz CT molecular complexity index is 134. The molecule has 0 aromatic rings. The van der Waals surface area contributed by atoms with Gasteiger partial charge in [0.05, 0.1) is 11.8 Å². The Morgan fingerprint density at radius 2 is 2.30 bits per heavy atom. The minimum atomic E-state index is 0.284. The summed E-state index contributed by atoms with van der Waals surface area (Å²) in [6.45, 7) is 5.58. The van der Waals surface area contributed by atoms with Crippen LogP contribution in [0.15, 0.2) is 16.8 Å². The lowest BCUT2D eigenvalue weighted by Crippen LogP contribution is -1.95. The van der Waals surface area contributed by atoms with E-state index in [1.54, 1.807) is 19.2 Å². The summed E-state index contributed by atoms with van der Waals surface area (Å²) in [7, 11) is 0. The second-order valence-electron chi connectivity index (χ2n) is 2.34. The average molecular weight is 141 g/mol. The molecule has 0 saturated heterocycles. The standard InChI is InChI=1S/C8H15NO/c1-4-9-7(2)5-6-8(3)10/h4,6-7,10H,5H2,1-3H3/b8-6+,9-4?/t7-/m1/s1. The summed E-state index contributed by atoms with van der Waals surface area (Å²) in [5, 5.41) is 8.78. The minimum Gasteiger partial charge on any atom is -0.513 e. The molecule has 0 aromatic carbocycles. The van der Waals surface area contributed by atoms with Crippen molar-refractivity contribution in [3.63, 3.8) is 0 Å². The van der Waals surface area contributed by atoms with Gasteiger partial charge in [-0.05, 0) is 39.5 Å². The van der Waals surface area contributed by atoms with Crippen LogP contribution >= 0.6 is 0 Å². The van der Waals surface area contributed by atoms with Crippen LogP contribution in [0.4, 0.5) is 0 Å². The smallest absolute Gasteiger partial charge is 0.0852 e. The SMILES string of the molecule is CC=N[C@H](C)C/C=C(\C)O. The summed E-state index contributed by atoms with van der Waals surface area (Å²) in [5.74, 6) is 0.373. The Hall–Kier alpha value is -0.790. The first-order valence-electron chi connectivity index (χ1n) is 3.50. The Kier molecular flexibility index (Phi) is 4.63. The molecule has 0 aliphatic rings. The highest BCUT2D eigenvalue weighted by Gasteiger charge is 1.92. The van der Waals surface area contributed by atoms with Crippen LogP contribution in [0.2, 0.25) is 0 Å². The van der Waals surface area contributed by atoms with Crippen LogP contribution in [-0.2, 0) is 0 Å². The van der Waals surface area contributed by atoms with E-state index < -0.39 is 0 Å². The molecule has 1 atom stereocenters. The van der Waals surface area contributed by atoms with Crippen LogP contribution in [0.1, 0.15) is 27.2 Å². The van der Waals surface area contributed by atoms with Crippen molar-refractivity contribution in [2.45, 2.75) is 33.2 Å². The molecule has 0 bridgehead atoms. The molecule has 0 amide bonds. The van der Waals surface area contributed by atoms with E-state index >= 15 is 0 Å². The van der Waals surface area contributed by atoms with E-state index in [4.69, 9.17) is 5.11 Å². The molecule has 0 radical (unpaired) electrons. The summed E-state index contributed by atoms with van der Waals surface area (Å²) in [6, 6.07) is 0.284. The Morgan fingerprint density at radius 1 is 1.70 bits per heavy atom. The zero-order chi connectivity index (χ0) is 7.98. The number of aliphatic hydroxyl groups is 1. The van der Waals surface area contributed by atoms with E-state index in [0.717, 1.165) is 6.42 Å². The Balaban J connectivity index is 3.59. The average Bonchev–Trinajstić information content (AvgIpc) is 1.85. The summed E-state index contributed by atoms with van der Waals surface area (Å²) in [6.07, 6.45) is 4.37. The second kappa shape index (κ2) is 5.03. The molecular formula is C8H15NO. The molecule has 0 spiro atoms. The fourth-order valence-electron chi connectivity index (χ4n) is 0.656. The Morgan fingerprint density at radius 3 is 2.70 bits per heavy atom. The first kappa shape index (κ1) is 9.21. The van der Waals surface area contributed by atoms with Crippen LogP contribution in [0.5, 0.6) is 0 Å². The van der Waals surface area contributed by atoms with Crippen LogP contribution < -0.4 is 0 Å². The maximum atomic E-state index is 8.78. The molecule has 0 unspecified atom stereocenters. The normalized spacial score (nSPS) is 16.1. The predicted molar refractivity (Wildman–Crippen MR) is 44.6 cm³/mol. The van der Waals surface area contributed by atoms with Gasteiger partial charge in [-0.25, -0.2) is 0 Å². The van der Waals surface area contributed by atoms with Gasteiger partial charge in [-0.3, -0.25) is 4.99 Å². The van der Waals surface area contributed by atoms with Gasteiger partial charge in [0.1, 0.15) is 0 Å². The van der Waals surface area contributed by atoms with Crippen molar-refractivity contribution in [1.29, 1.82) is 0 Å². The Labute approximate surface area is 62.3 Å². The predicted octanol–water partition coefficient (Wildman–Crippen LogP) is 2.32. The second-order valence-corrected chi connectivity index (χ2v) is 2.34. The van der Waals surface area contributed by atoms with Crippen molar-refractivity contribution in [3.05, 3.63) is 11.8 Å². The summed E-state index contributed by atoms with van der Waals surface area (Å²) < 4.78 is 0. The maximum Gasteiger partial charge on any atom is 0.0852 e. The van der Waals surface area contributed by atoms with Crippen molar-refractivity contribution in [2.75, 3.05) is 0 Å². The molecule has 0 aliphatic heterocycles. The number of aliphatic imine (C=N–C) groups is 1. The number of allylic oxidation sites excluding steroid dienone is 1. The highest BCUT2D eigenvalue weighted by molar-refractivity contribution is 5.53. The van der Waals surface area contributed by atoms with Crippen LogP contribution in [0.3, 0.4) is 0 Å². The van der Waals surface area contributed by atoms with Gasteiger partial charge in [-0.2, -0.15) is 0 Å². The van der Waals surface area contributed by atoms with Crippen molar-refractivity contribution >= 4 is 6.21 Å². The number of rotatable bonds is 3. The third-order valence-electron chi connectivity index (χ3n) is 1.16. The van der Waals surface area contributed by atoms with E-state index in [1.807, 2.05) is 13.8 Å². The molecule has 0 aliphatic carbocycles. The molecule has 58 valence electrons. The number of aliphatic hydroxyl groups excluding tert-OH is 1. The fourth-order valence-corrected chi connectivity index (χ4v) is 0.656. The van der Waals surface area contributed by atoms with E-state index in [9.17, 15) is 0 Å². The zero-order valence-electron chi connectivity index (χ0n) is 6.83. The van der Waals surface area contributed by atoms with Gasteiger partial charge >= 0.3 is 0 Å². The van der Waals surface area contributed by atoms with Gasteiger partial charge in [-0.15, -0.1) is 0 Å². The maximum absolute atomic E-state index is 8.78. The molecule has 2 nitrogen and oxygen atoms in total. The highest BCUT2D eigenvalue weighted by Crippen LogP contribution is 1.99. The lowest BCUT2D eigenvalue weighted by atomic mass is 10.2. The number of hydrogen-bond acceptors (Lipinski definition) is 2. The van der Waals surface area contributed by atoms with Crippen LogP contribution in [0, 0.1) is 0 Å². The van der Waals surface area contributed by atoms with E-state index in [1.165, 1.54) is 0 Å². The van der Waals surface area contributed by atoms with Gasteiger partial charge in [-0.1, -0.05) is 0 Å². The zero-order valence-corrected chi connectivity index (χ0v) is 6.83. The molecule has 2 heteroatoms. The van der Waals surface area contributed by atoms with Gasteiger partial charge in [0.25, 0.3) is 0 Å². The molecule has 0 rings (SSSR count). The summed E-state index contributed by atoms with van der Waals surface area (Å²) in [4.78, 5) is 4.12. The van der Waals surface area contributed by atoms with Crippen molar-refractivity contribution in [3.8, 4) is 0 Å². The summed E-state index contributed by atoms with van der Waals surface area (Å²) >= 11 is 0. The topological polar surface area (TPSA) is 32.6 Å². The molecule has 0 saturated carbocycles. The third-order valence-corrected chi connectivity index (χ3v) is 1.16. The fraction of sp³-hybridized carbons (Fsp3) is 0.625. The van der Waals surface area contributed by atoms with Gasteiger partial charge in [0.2, 0.25) is 0 Å². The highest BCUT2D eigenvalue weighted by atomic mass is 16.3. The largest absolute Gasteiger partial charge is 0.513 e. The van der Waals surface area contributed by atoms with E-state index in [-0.39, 0.29) is 6.04 Å². The number of hydrogen-bond donors (Lipinski definition) is 1. The number of nitrogens with zero attached hydrogens (tertiary/aromatic N) is 1. The molecule has 10 heavy (non-hydrogen) atoms. The van der Waals surface area contributed by atoms with E-state index in [0.29, 0.717) is 5.76 Å². The van der Waals surface area contributed by atoms with Crippen LogP contribution in [0.25, 0.3) is 0 Å². The van der Waals surface area contributed by atoms with Crippen LogP contribution in [-0.4, -0.2) is 17.4 Å². The van der Waals surface area contributed by atoms with Crippen molar-refractivity contribution in [2.24, 2.45) is 4.99 Å². The van der Waals surface area contributed by atoms with Gasteiger partial charge in [0, 0.05) is 0 Å².